The van der Waals surface area contributed by atoms with E-state index < -0.39 is 23.6 Å². The minimum atomic E-state index is -0.632. The van der Waals surface area contributed by atoms with Crippen LogP contribution in [0.2, 0.25) is 0 Å². The lowest BCUT2D eigenvalue weighted by Gasteiger charge is -2.34. The first-order valence-electron chi connectivity index (χ1n) is 11.2. The van der Waals surface area contributed by atoms with Crippen molar-refractivity contribution in [2.24, 2.45) is 5.92 Å². The molecule has 0 unspecified atom stereocenters. The van der Waals surface area contributed by atoms with Gasteiger partial charge in [-0.15, -0.1) is 0 Å². The largest absolute Gasteiger partial charge is 0.455 e. The number of fused-ring (bicyclic) bond motifs is 2. The van der Waals surface area contributed by atoms with E-state index >= 15 is 0 Å². The number of hydrogen-bond donors (Lipinski definition) is 2. The number of aliphatic hydroxyl groups is 2. The molecule has 31 heavy (non-hydrogen) atoms. The van der Waals surface area contributed by atoms with Gasteiger partial charge in [-0.05, 0) is 36.5 Å². The van der Waals surface area contributed by atoms with E-state index in [1.54, 1.807) is 7.11 Å². The van der Waals surface area contributed by atoms with E-state index in [0.717, 1.165) is 23.1 Å². The van der Waals surface area contributed by atoms with Crippen LogP contribution < -0.4 is 0 Å². The Hall–Kier alpha value is -1.95. The summed E-state index contributed by atoms with van der Waals surface area (Å²) in [5, 5.41) is 20.7. The van der Waals surface area contributed by atoms with Crippen LogP contribution in [0.3, 0.4) is 0 Å². The Balaban J connectivity index is 2.40. The molecule has 0 fully saturated rings. The number of rotatable bonds is 5. The number of carbonyl (C=O) groups excluding carboxylic acids is 1. The first-order chi connectivity index (χ1) is 14.7. The summed E-state index contributed by atoms with van der Waals surface area (Å²) in [6.07, 6.45) is 6.11. The molecule has 172 valence electrons. The third kappa shape index (κ3) is 7.03. The number of hydrogen-bond acceptors (Lipinski definition) is 5. The predicted octanol–water partition coefficient (Wildman–Crippen LogP) is 4.11. The molecule has 1 aromatic carbocycles. The standard InChI is InChI=1S/C26H38O5/c1-6-19(17-27)13-18(2)23-15-22(30-5)16-24(28)26(3,4)21-11-7-9-20(14-21)10-8-12-25(29)31-23/h7-9,11-14,19,22-24,27-28H,6,10,15-17H2,1-5H3/b12-8+,18-13-/t19-,22-,23+,24+/m1/s1. The molecule has 0 saturated carbocycles. The fraction of sp³-hybridized carbons (Fsp3) is 0.577. The first kappa shape index (κ1) is 25.3. The van der Waals surface area contributed by atoms with Crippen LogP contribution in [0.15, 0.2) is 48.1 Å². The van der Waals surface area contributed by atoms with Gasteiger partial charge >= 0.3 is 5.97 Å². The highest BCUT2D eigenvalue weighted by molar-refractivity contribution is 5.82. The normalized spacial score (nSPS) is 27.1. The lowest BCUT2D eigenvalue weighted by Crippen LogP contribution is -2.38. The summed E-state index contributed by atoms with van der Waals surface area (Å²) < 4.78 is 11.5. The zero-order valence-corrected chi connectivity index (χ0v) is 19.5. The van der Waals surface area contributed by atoms with Crippen molar-refractivity contribution in [2.45, 2.75) is 77.1 Å². The Morgan fingerprint density at radius 1 is 1.35 bits per heavy atom. The van der Waals surface area contributed by atoms with Crippen molar-refractivity contribution in [1.82, 2.24) is 0 Å². The number of aliphatic hydroxyl groups excluding tert-OH is 2. The Bertz CT molecular complexity index is 776. The molecule has 2 rings (SSSR count). The minimum absolute atomic E-state index is 0.0119. The first-order valence-corrected chi connectivity index (χ1v) is 11.2. The molecular formula is C26H38O5. The Morgan fingerprint density at radius 2 is 2.10 bits per heavy atom. The molecule has 5 nitrogen and oxygen atoms in total. The van der Waals surface area contributed by atoms with E-state index in [9.17, 15) is 15.0 Å². The van der Waals surface area contributed by atoms with Crippen LogP contribution in [0.25, 0.3) is 0 Å². The molecule has 0 amide bonds. The molecule has 1 heterocycles. The highest BCUT2D eigenvalue weighted by Gasteiger charge is 2.33. The van der Waals surface area contributed by atoms with Crippen molar-refractivity contribution < 1.29 is 24.5 Å². The Kier molecular flexibility index (Phi) is 9.48. The van der Waals surface area contributed by atoms with Crippen LogP contribution in [0.5, 0.6) is 0 Å². The topological polar surface area (TPSA) is 76.0 Å². The summed E-state index contributed by atoms with van der Waals surface area (Å²) in [7, 11) is 1.62. The summed E-state index contributed by atoms with van der Waals surface area (Å²) in [6.45, 7) is 8.06. The molecule has 5 heteroatoms. The van der Waals surface area contributed by atoms with Crippen LogP contribution in [-0.2, 0) is 26.1 Å². The quantitative estimate of drug-likeness (QED) is 0.543. The van der Waals surface area contributed by atoms with Crippen molar-refractivity contribution in [2.75, 3.05) is 13.7 Å². The van der Waals surface area contributed by atoms with Gasteiger partial charge in [0.15, 0.2) is 0 Å². The lowest BCUT2D eigenvalue weighted by atomic mass is 9.76. The maximum Gasteiger partial charge on any atom is 0.331 e. The summed E-state index contributed by atoms with van der Waals surface area (Å²) in [4.78, 5) is 12.5. The smallest absolute Gasteiger partial charge is 0.331 e. The minimum Gasteiger partial charge on any atom is -0.455 e. The second-order valence-corrected chi connectivity index (χ2v) is 9.06. The highest BCUT2D eigenvalue weighted by atomic mass is 16.5. The highest BCUT2D eigenvalue weighted by Crippen LogP contribution is 2.32. The molecule has 0 saturated heterocycles. The number of carbonyl (C=O) groups is 1. The van der Waals surface area contributed by atoms with Gasteiger partial charge in [0.2, 0.25) is 0 Å². The van der Waals surface area contributed by atoms with Crippen molar-refractivity contribution in [3.63, 3.8) is 0 Å². The molecule has 1 aromatic rings. The Labute approximate surface area is 186 Å². The van der Waals surface area contributed by atoms with Gasteiger partial charge in [0.25, 0.3) is 0 Å². The maximum atomic E-state index is 12.5. The van der Waals surface area contributed by atoms with E-state index in [0.29, 0.717) is 19.3 Å². The van der Waals surface area contributed by atoms with Crippen molar-refractivity contribution in [3.05, 3.63) is 59.2 Å². The summed E-state index contributed by atoms with van der Waals surface area (Å²) in [6, 6.07) is 8.12. The van der Waals surface area contributed by atoms with Crippen LogP contribution in [0, 0.1) is 5.92 Å². The number of cyclic esters (lactones) is 1. The Morgan fingerprint density at radius 3 is 2.74 bits per heavy atom. The third-order valence-electron chi connectivity index (χ3n) is 6.43. The number of methoxy groups -OCH3 is 1. The van der Waals surface area contributed by atoms with E-state index in [4.69, 9.17) is 9.47 Å². The molecule has 1 aliphatic heterocycles. The van der Waals surface area contributed by atoms with Crippen molar-refractivity contribution in [1.29, 1.82) is 0 Å². The van der Waals surface area contributed by atoms with Crippen molar-refractivity contribution >= 4 is 5.97 Å². The molecule has 4 atom stereocenters. The van der Waals surface area contributed by atoms with Gasteiger partial charge in [-0.2, -0.15) is 0 Å². The van der Waals surface area contributed by atoms with E-state index in [1.165, 1.54) is 6.08 Å². The molecule has 0 aliphatic carbocycles. The van der Waals surface area contributed by atoms with Crippen LogP contribution in [0.4, 0.5) is 0 Å². The fourth-order valence-electron chi connectivity index (χ4n) is 3.94. The average molecular weight is 431 g/mol. The number of benzene rings is 1. The second kappa shape index (κ2) is 11.6. The van der Waals surface area contributed by atoms with Gasteiger partial charge in [-0.25, -0.2) is 4.79 Å². The zero-order valence-electron chi connectivity index (χ0n) is 19.5. The van der Waals surface area contributed by atoms with E-state index in [1.807, 2.05) is 58.0 Å². The summed E-state index contributed by atoms with van der Waals surface area (Å²) in [5.41, 5.74) is 2.56. The van der Waals surface area contributed by atoms with Gasteiger partial charge in [-0.1, -0.05) is 57.2 Å². The van der Waals surface area contributed by atoms with Gasteiger partial charge in [0.1, 0.15) is 6.10 Å². The fourth-order valence-corrected chi connectivity index (χ4v) is 3.94. The second-order valence-electron chi connectivity index (χ2n) is 9.06. The number of esters is 1. The SMILES string of the molecule is CC[C@H](/C=C(/C)[C@@H]1C[C@@H](OC)C[C@H](O)C(C)(C)c2cccc(c2)C/C=C/C(=O)O1)CO. The predicted molar refractivity (Wildman–Crippen MR) is 123 cm³/mol. The van der Waals surface area contributed by atoms with Crippen molar-refractivity contribution in [3.8, 4) is 0 Å². The third-order valence-corrected chi connectivity index (χ3v) is 6.43. The van der Waals surface area contributed by atoms with Gasteiger partial charge < -0.3 is 19.7 Å². The summed E-state index contributed by atoms with van der Waals surface area (Å²) >= 11 is 0. The number of allylic oxidation sites excluding steroid dienone is 1. The van der Waals surface area contributed by atoms with Gasteiger partial charge in [0.05, 0.1) is 12.2 Å². The summed E-state index contributed by atoms with van der Waals surface area (Å²) in [5.74, 6) is -0.392. The number of ether oxygens (including phenoxy) is 2. The van der Waals surface area contributed by atoms with E-state index in [-0.39, 0.29) is 18.6 Å². The van der Waals surface area contributed by atoms with Crippen LogP contribution in [0.1, 0.15) is 58.1 Å². The molecule has 0 radical (unpaired) electrons. The lowest BCUT2D eigenvalue weighted by molar-refractivity contribution is -0.143. The van der Waals surface area contributed by atoms with Crippen LogP contribution >= 0.6 is 0 Å². The van der Waals surface area contributed by atoms with Gasteiger partial charge in [0, 0.05) is 44.0 Å². The average Bonchev–Trinajstić information content (AvgIpc) is 2.75. The molecular weight excluding hydrogens is 392 g/mol. The van der Waals surface area contributed by atoms with E-state index in [2.05, 4.69) is 6.07 Å². The van der Waals surface area contributed by atoms with Crippen LogP contribution in [-0.4, -0.2) is 48.2 Å². The molecule has 2 N–H and O–H groups in total. The zero-order chi connectivity index (χ0) is 23.0. The van der Waals surface area contributed by atoms with Gasteiger partial charge in [-0.3, -0.25) is 0 Å². The maximum absolute atomic E-state index is 12.5. The monoisotopic (exact) mass is 430 g/mol. The molecule has 0 aromatic heterocycles. The molecule has 2 bridgehead atoms. The molecule has 0 spiro atoms. The molecule has 1 aliphatic rings.